The van der Waals surface area contributed by atoms with E-state index in [1.807, 2.05) is 43.3 Å². The zero-order valence-electron chi connectivity index (χ0n) is 16.4. The fraction of sp³-hybridized carbons (Fsp3) is 0.174. The summed E-state index contributed by atoms with van der Waals surface area (Å²) in [4.78, 5) is 12.6. The number of fused-ring (bicyclic) bond motifs is 1. The first kappa shape index (κ1) is 20.3. The number of aryl methyl sites for hydroxylation is 1. The molecule has 1 N–H and O–H groups in total. The van der Waals surface area contributed by atoms with E-state index in [0.717, 1.165) is 28.8 Å². The summed E-state index contributed by atoms with van der Waals surface area (Å²) in [6.07, 6.45) is 0.571. The minimum Gasteiger partial charge on any atom is -0.322 e. The second-order valence-electron chi connectivity index (χ2n) is 7.35. The van der Waals surface area contributed by atoms with Gasteiger partial charge in [0.15, 0.2) is 0 Å². The van der Waals surface area contributed by atoms with E-state index in [2.05, 4.69) is 5.32 Å². The molecule has 3 aromatic carbocycles. The van der Waals surface area contributed by atoms with Crippen LogP contribution in [0, 0.1) is 12.7 Å². The Balaban J connectivity index is 1.55. The summed E-state index contributed by atoms with van der Waals surface area (Å²) >= 11 is 0. The number of rotatable bonds is 4. The van der Waals surface area contributed by atoms with Gasteiger partial charge in [-0.15, -0.1) is 0 Å². The van der Waals surface area contributed by atoms with Crippen molar-refractivity contribution < 1.29 is 17.6 Å². The van der Waals surface area contributed by atoms with Gasteiger partial charge >= 0.3 is 0 Å². The van der Waals surface area contributed by atoms with E-state index >= 15 is 0 Å². The molecule has 0 fully saturated rings. The zero-order chi connectivity index (χ0) is 21.3. The number of sulfonamides is 1. The maximum Gasteiger partial charge on any atom is 0.255 e. The molecular formula is C23H21FN2O3S. The first-order valence-electron chi connectivity index (χ1n) is 9.58. The summed E-state index contributed by atoms with van der Waals surface area (Å²) in [6.45, 7) is 2.47. The van der Waals surface area contributed by atoms with Crippen molar-refractivity contribution in [3.05, 3.63) is 94.8 Å². The number of nitrogens with one attached hydrogen (secondary N) is 1. The monoisotopic (exact) mass is 424 g/mol. The number of hydrogen-bond acceptors (Lipinski definition) is 3. The molecule has 154 valence electrons. The molecule has 4 rings (SSSR count). The molecule has 0 saturated carbocycles. The van der Waals surface area contributed by atoms with Crippen LogP contribution in [0.4, 0.5) is 10.1 Å². The molecule has 30 heavy (non-hydrogen) atoms. The Hall–Kier alpha value is -3.03. The molecule has 5 nitrogen and oxygen atoms in total. The largest absolute Gasteiger partial charge is 0.322 e. The minimum absolute atomic E-state index is 0.0660. The van der Waals surface area contributed by atoms with Crippen LogP contribution in [0.1, 0.15) is 27.0 Å². The van der Waals surface area contributed by atoms with E-state index in [9.17, 15) is 17.6 Å². The number of hydrogen-bond donors (Lipinski definition) is 1. The second kappa shape index (κ2) is 8.01. The van der Waals surface area contributed by atoms with Gasteiger partial charge in [-0.05, 0) is 73.0 Å². The number of carbonyl (C=O) groups is 1. The Morgan fingerprint density at radius 3 is 2.50 bits per heavy atom. The molecule has 0 spiro atoms. The van der Waals surface area contributed by atoms with Gasteiger partial charge in [0.2, 0.25) is 10.0 Å². The van der Waals surface area contributed by atoms with Gasteiger partial charge in [-0.2, -0.15) is 4.31 Å². The van der Waals surface area contributed by atoms with Gasteiger partial charge in [0.25, 0.3) is 5.91 Å². The number of nitrogens with zero attached hydrogens (tertiary/aromatic N) is 1. The van der Waals surface area contributed by atoms with Crippen LogP contribution in [-0.2, 0) is 23.0 Å². The maximum absolute atomic E-state index is 13.2. The molecule has 0 radical (unpaired) electrons. The minimum atomic E-state index is -3.73. The third-order valence-corrected chi connectivity index (χ3v) is 7.03. The van der Waals surface area contributed by atoms with Crippen LogP contribution in [0.2, 0.25) is 0 Å². The molecule has 0 aliphatic carbocycles. The van der Waals surface area contributed by atoms with Crippen LogP contribution >= 0.6 is 0 Å². The Bertz CT molecular complexity index is 1210. The Kier molecular flexibility index (Phi) is 5.40. The maximum atomic E-state index is 13.2. The molecule has 1 aliphatic rings. The lowest BCUT2D eigenvalue weighted by Crippen LogP contribution is -2.36. The van der Waals surface area contributed by atoms with Crippen molar-refractivity contribution in [3.63, 3.8) is 0 Å². The van der Waals surface area contributed by atoms with Gasteiger partial charge in [0.1, 0.15) is 5.82 Å². The lowest BCUT2D eigenvalue weighted by molar-refractivity contribution is 0.102. The number of benzene rings is 3. The summed E-state index contributed by atoms with van der Waals surface area (Å²) in [5.74, 6) is -0.697. The lowest BCUT2D eigenvalue weighted by Gasteiger charge is -2.28. The number of anilines is 1. The predicted octanol–water partition coefficient (Wildman–Crippen LogP) is 4.13. The molecule has 7 heteroatoms. The Morgan fingerprint density at radius 1 is 1.00 bits per heavy atom. The van der Waals surface area contributed by atoms with Gasteiger partial charge in [-0.1, -0.05) is 23.8 Å². The molecule has 0 atom stereocenters. The standard InChI is InChI=1S/C23H21FN2O3S/c1-16-3-2-4-18(13-16)23(27)25-21-8-5-17-11-12-26(15-19(17)14-21)30(28,29)22-9-6-20(24)7-10-22/h2-10,13-14H,11-12,15H2,1H3,(H,25,27). The van der Waals surface area contributed by atoms with Crippen LogP contribution in [0.5, 0.6) is 0 Å². The van der Waals surface area contributed by atoms with E-state index in [0.29, 0.717) is 24.2 Å². The number of carbonyl (C=O) groups excluding carboxylic acids is 1. The van der Waals surface area contributed by atoms with Gasteiger partial charge < -0.3 is 5.32 Å². The van der Waals surface area contributed by atoms with Crippen molar-refractivity contribution in [2.24, 2.45) is 0 Å². The quantitative estimate of drug-likeness (QED) is 0.685. The summed E-state index contributed by atoms with van der Waals surface area (Å²) < 4.78 is 40.4. The van der Waals surface area contributed by atoms with Crippen molar-refractivity contribution in [2.75, 3.05) is 11.9 Å². The number of amides is 1. The normalized spacial score (nSPS) is 14.2. The molecule has 1 aliphatic heterocycles. The van der Waals surface area contributed by atoms with Crippen LogP contribution in [-0.4, -0.2) is 25.2 Å². The lowest BCUT2D eigenvalue weighted by atomic mass is 10.0. The van der Waals surface area contributed by atoms with Crippen molar-refractivity contribution in [2.45, 2.75) is 24.8 Å². The summed E-state index contributed by atoms with van der Waals surface area (Å²) in [5.41, 5.74) is 4.06. The van der Waals surface area contributed by atoms with E-state index < -0.39 is 15.8 Å². The Morgan fingerprint density at radius 2 is 1.77 bits per heavy atom. The molecule has 0 saturated heterocycles. The van der Waals surface area contributed by atoms with Crippen LogP contribution in [0.25, 0.3) is 0 Å². The zero-order valence-corrected chi connectivity index (χ0v) is 17.2. The van der Waals surface area contributed by atoms with Gasteiger partial charge in [0.05, 0.1) is 4.90 Å². The van der Waals surface area contributed by atoms with Crippen LogP contribution in [0.15, 0.2) is 71.6 Å². The second-order valence-corrected chi connectivity index (χ2v) is 9.29. The molecule has 1 heterocycles. The van der Waals surface area contributed by atoms with E-state index in [4.69, 9.17) is 0 Å². The third-order valence-electron chi connectivity index (χ3n) is 5.17. The fourth-order valence-electron chi connectivity index (χ4n) is 3.56. The Labute approximate surface area is 175 Å². The van der Waals surface area contributed by atoms with Crippen molar-refractivity contribution in [3.8, 4) is 0 Å². The summed E-state index contributed by atoms with van der Waals surface area (Å²) in [6, 6.07) is 17.7. The molecule has 0 bridgehead atoms. The van der Waals surface area contributed by atoms with Crippen molar-refractivity contribution in [1.29, 1.82) is 0 Å². The molecule has 0 unspecified atom stereocenters. The van der Waals surface area contributed by atoms with E-state index in [-0.39, 0.29) is 17.3 Å². The third kappa shape index (κ3) is 4.13. The fourth-order valence-corrected chi connectivity index (χ4v) is 4.98. The van der Waals surface area contributed by atoms with Crippen LogP contribution in [0.3, 0.4) is 0 Å². The SMILES string of the molecule is Cc1cccc(C(=O)Nc2ccc3c(c2)CN(S(=O)(=O)c2ccc(F)cc2)CC3)c1. The smallest absolute Gasteiger partial charge is 0.255 e. The molecule has 1 amide bonds. The van der Waals surface area contributed by atoms with Crippen LogP contribution < -0.4 is 5.32 Å². The summed E-state index contributed by atoms with van der Waals surface area (Å²) in [5, 5.41) is 2.88. The van der Waals surface area contributed by atoms with E-state index in [1.165, 1.54) is 16.4 Å². The highest BCUT2D eigenvalue weighted by atomic mass is 32.2. The molecule has 3 aromatic rings. The van der Waals surface area contributed by atoms with Gasteiger partial charge in [-0.25, -0.2) is 12.8 Å². The predicted molar refractivity (Wildman–Crippen MR) is 113 cm³/mol. The first-order valence-corrected chi connectivity index (χ1v) is 11.0. The van der Waals surface area contributed by atoms with E-state index in [1.54, 1.807) is 6.07 Å². The van der Waals surface area contributed by atoms with Crippen molar-refractivity contribution >= 4 is 21.6 Å². The average Bonchev–Trinajstić information content (AvgIpc) is 2.73. The van der Waals surface area contributed by atoms with Crippen molar-refractivity contribution in [1.82, 2.24) is 4.31 Å². The number of halogens is 1. The summed E-state index contributed by atoms with van der Waals surface area (Å²) in [7, 11) is -3.73. The molecule has 0 aromatic heterocycles. The highest BCUT2D eigenvalue weighted by molar-refractivity contribution is 7.89. The highest BCUT2D eigenvalue weighted by Gasteiger charge is 2.28. The average molecular weight is 424 g/mol. The van der Waals surface area contributed by atoms with Gasteiger partial charge in [0, 0.05) is 24.3 Å². The van der Waals surface area contributed by atoms with Gasteiger partial charge in [-0.3, -0.25) is 4.79 Å². The molecular weight excluding hydrogens is 403 g/mol. The first-order chi connectivity index (χ1) is 14.3. The topological polar surface area (TPSA) is 66.5 Å². The highest BCUT2D eigenvalue weighted by Crippen LogP contribution is 2.27.